The van der Waals surface area contributed by atoms with Crippen LogP contribution in [-0.4, -0.2) is 5.71 Å². The van der Waals surface area contributed by atoms with Crippen LogP contribution in [0.15, 0.2) is 23.3 Å². The van der Waals surface area contributed by atoms with Crippen molar-refractivity contribution in [2.75, 3.05) is 5.43 Å². The normalized spacial score (nSPS) is 14.1. The van der Waals surface area contributed by atoms with Crippen molar-refractivity contribution in [1.29, 1.82) is 0 Å². The van der Waals surface area contributed by atoms with E-state index in [0.717, 1.165) is 23.6 Å². The fourth-order valence-corrected chi connectivity index (χ4v) is 1.90. The fourth-order valence-electron chi connectivity index (χ4n) is 1.73. The molecule has 0 fully saturated rings. The van der Waals surface area contributed by atoms with Gasteiger partial charge in [-0.05, 0) is 30.5 Å². The van der Waals surface area contributed by atoms with Crippen molar-refractivity contribution in [3.05, 3.63) is 28.8 Å². The zero-order valence-corrected chi connectivity index (χ0v) is 9.64. The van der Waals surface area contributed by atoms with E-state index in [1.54, 1.807) is 0 Å². The highest BCUT2D eigenvalue weighted by Crippen LogP contribution is 2.25. The van der Waals surface area contributed by atoms with Gasteiger partial charge in [0.05, 0.1) is 5.69 Å². The quantitative estimate of drug-likeness (QED) is 0.826. The van der Waals surface area contributed by atoms with Gasteiger partial charge in [0.1, 0.15) is 0 Å². The molecule has 1 heterocycles. The van der Waals surface area contributed by atoms with Crippen molar-refractivity contribution in [3.8, 4) is 0 Å². The minimum Gasteiger partial charge on any atom is -0.278 e. The molecule has 0 aromatic heterocycles. The Morgan fingerprint density at radius 2 is 2.33 bits per heavy atom. The number of hydrogen-bond acceptors (Lipinski definition) is 2. The van der Waals surface area contributed by atoms with E-state index < -0.39 is 0 Å². The molecule has 0 unspecified atom stereocenters. The van der Waals surface area contributed by atoms with Gasteiger partial charge in [-0.3, -0.25) is 5.43 Å². The van der Waals surface area contributed by atoms with E-state index in [-0.39, 0.29) is 0 Å². The van der Waals surface area contributed by atoms with Gasteiger partial charge in [-0.1, -0.05) is 31.0 Å². The summed E-state index contributed by atoms with van der Waals surface area (Å²) in [5, 5.41) is 5.12. The van der Waals surface area contributed by atoms with Crippen LogP contribution in [-0.2, 0) is 6.42 Å². The van der Waals surface area contributed by atoms with Crippen LogP contribution in [0.25, 0.3) is 0 Å². The summed E-state index contributed by atoms with van der Waals surface area (Å²) in [5.74, 6) is 0. The van der Waals surface area contributed by atoms with Gasteiger partial charge < -0.3 is 0 Å². The molecule has 0 atom stereocenters. The second kappa shape index (κ2) is 4.67. The van der Waals surface area contributed by atoms with Gasteiger partial charge in [-0.25, -0.2) is 0 Å². The SMILES string of the molecule is CCCCC1=NNc2cc(Cl)ccc2C1. The molecule has 1 aliphatic heterocycles. The first-order valence-electron chi connectivity index (χ1n) is 5.39. The van der Waals surface area contributed by atoms with E-state index in [1.807, 2.05) is 12.1 Å². The molecule has 3 heteroatoms. The summed E-state index contributed by atoms with van der Waals surface area (Å²) in [6.07, 6.45) is 4.47. The Balaban J connectivity index is 2.09. The molecular weight excluding hydrogens is 208 g/mol. The molecule has 0 aliphatic carbocycles. The summed E-state index contributed by atoms with van der Waals surface area (Å²) >= 11 is 5.91. The third kappa shape index (κ3) is 2.51. The summed E-state index contributed by atoms with van der Waals surface area (Å²) in [5.41, 5.74) is 6.64. The lowest BCUT2D eigenvalue weighted by Gasteiger charge is -2.17. The van der Waals surface area contributed by atoms with E-state index >= 15 is 0 Å². The van der Waals surface area contributed by atoms with Crippen LogP contribution in [0.1, 0.15) is 31.7 Å². The van der Waals surface area contributed by atoms with Gasteiger partial charge in [0.15, 0.2) is 0 Å². The summed E-state index contributed by atoms with van der Waals surface area (Å²) in [7, 11) is 0. The van der Waals surface area contributed by atoms with Crippen LogP contribution in [0, 0.1) is 0 Å². The summed E-state index contributed by atoms with van der Waals surface area (Å²) < 4.78 is 0. The van der Waals surface area contributed by atoms with Crippen molar-refractivity contribution in [2.45, 2.75) is 32.6 Å². The summed E-state index contributed by atoms with van der Waals surface area (Å²) in [6.45, 7) is 2.20. The van der Waals surface area contributed by atoms with Gasteiger partial charge >= 0.3 is 0 Å². The van der Waals surface area contributed by atoms with Crippen LogP contribution in [0.2, 0.25) is 5.02 Å². The molecule has 1 aliphatic rings. The number of fused-ring (bicyclic) bond motifs is 1. The van der Waals surface area contributed by atoms with Gasteiger partial charge in [-0.15, -0.1) is 0 Å². The van der Waals surface area contributed by atoms with Crippen LogP contribution < -0.4 is 5.43 Å². The molecule has 1 N–H and O–H groups in total. The molecule has 0 radical (unpaired) electrons. The number of nitrogens with zero attached hydrogens (tertiary/aromatic N) is 1. The number of rotatable bonds is 3. The molecule has 1 aromatic rings. The van der Waals surface area contributed by atoms with Gasteiger partial charge in [-0.2, -0.15) is 5.10 Å². The van der Waals surface area contributed by atoms with Crippen molar-refractivity contribution in [2.24, 2.45) is 5.10 Å². The van der Waals surface area contributed by atoms with Crippen LogP contribution in [0.4, 0.5) is 5.69 Å². The molecule has 2 nitrogen and oxygen atoms in total. The zero-order valence-electron chi connectivity index (χ0n) is 8.89. The van der Waals surface area contributed by atoms with E-state index in [9.17, 15) is 0 Å². The van der Waals surface area contributed by atoms with Crippen molar-refractivity contribution < 1.29 is 0 Å². The number of hydrazone groups is 1. The Morgan fingerprint density at radius 3 is 3.13 bits per heavy atom. The van der Waals surface area contributed by atoms with Crippen LogP contribution in [0.5, 0.6) is 0 Å². The fraction of sp³-hybridized carbons (Fsp3) is 0.417. The standard InChI is InChI=1S/C12H15ClN2/c1-2-3-4-11-7-9-5-6-10(13)8-12(9)15-14-11/h5-6,8,15H,2-4,7H2,1H3. The smallest absolute Gasteiger partial charge is 0.0612 e. The predicted molar refractivity (Wildman–Crippen MR) is 65.7 cm³/mol. The number of halogens is 1. The second-order valence-corrected chi connectivity index (χ2v) is 4.31. The molecule has 1 aromatic carbocycles. The molecule has 0 spiro atoms. The van der Waals surface area contributed by atoms with E-state index in [4.69, 9.17) is 11.6 Å². The monoisotopic (exact) mass is 222 g/mol. The molecule has 2 rings (SSSR count). The Morgan fingerprint density at radius 1 is 1.47 bits per heavy atom. The molecule has 80 valence electrons. The highest BCUT2D eigenvalue weighted by Gasteiger charge is 2.11. The minimum atomic E-state index is 0.758. The first-order chi connectivity index (χ1) is 7.29. The number of unbranched alkanes of at least 4 members (excludes halogenated alkanes) is 1. The molecule has 0 saturated heterocycles. The maximum absolute atomic E-state index is 5.91. The topological polar surface area (TPSA) is 24.4 Å². The number of nitrogens with one attached hydrogen (secondary N) is 1. The lowest BCUT2D eigenvalue weighted by molar-refractivity contribution is 0.824. The minimum absolute atomic E-state index is 0.758. The maximum Gasteiger partial charge on any atom is 0.0612 e. The Labute approximate surface area is 95.3 Å². The Kier molecular flexibility index (Phi) is 3.27. The zero-order chi connectivity index (χ0) is 10.7. The summed E-state index contributed by atoms with van der Waals surface area (Å²) in [4.78, 5) is 0. The third-order valence-corrected chi connectivity index (χ3v) is 2.85. The van der Waals surface area contributed by atoms with Gasteiger partial charge in [0.2, 0.25) is 0 Å². The molecular formula is C12H15ClN2. The van der Waals surface area contributed by atoms with E-state index in [2.05, 4.69) is 23.5 Å². The highest BCUT2D eigenvalue weighted by atomic mass is 35.5. The van der Waals surface area contributed by atoms with Crippen LogP contribution >= 0.6 is 11.6 Å². The molecule has 0 bridgehead atoms. The first-order valence-corrected chi connectivity index (χ1v) is 5.77. The van der Waals surface area contributed by atoms with Gasteiger partial charge in [0, 0.05) is 17.2 Å². The molecule has 0 saturated carbocycles. The maximum atomic E-state index is 5.91. The highest BCUT2D eigenvalue weighted by molar-refractivity contribution is 6.30. The average molecular weight is 223 g/mol. The largest absolute Gasteiger partial charge is 0.278 e. The molecule has 0 amide bonds. The second-order valence-electron chi connectivity index (χ2n) is 3.87. The van der Waals surface area contributed by atoms with Crippen molar-refractivity contribution in [1.82, 2.24) is 0 Å². The van der Waals surface area contributed by atoms with E-state index in [0.29, 0.717) is 0 Å². The van der Waals surface area contributed by atoms with Crippen molar-refractivity contribution >= 4 is 23.0 Å². The Hall–Kier alpha value is -1.02. The number of anilines is 1. The average Bonchev–Trinajstić information content (AvgIpc) is 2.26. The van der Waals surface area contributed by atoms with Gasteiger partial charge in [0.25, 0.3) is 0 Å². The number of benzene rings is 1. The molecule has 15 heavy (non-hydrogen) atoms. The number of hydrogen-bond donors (Lipinski definition) is 1. The van der Waals surface area contributed by atoms with E-state index in [1.165, 1.54) is 24.1 Å². The van der Waals surface area contributed by atoms with Crippen molar-refractivity contribution in [3.63, 3.8) is 0 Å². The third-order valence-electron chi connectivity index (χ3n) is 2.62. The summed E-state index contributed by atoms with van der Waals surface area (Å²) in [6, 6.07) is 5.94. The lowest BCUT2D eigenvalue weighted by Crippen LogP contribution is -2.13. The predicted octanol–water partition coefficient (Wildman–Crippen LogP) is 3.85. The first kappa shape index (κ1) is 10.5. The van der Waals surface area contributed by atoms with Crippen LogP contribution in [0.3, 0.4) is 0 Å². The Bertz CT molecular complexity index is 385. The lowest BCUT2D eigenvalue weighted by atomic mass is 10.0.